The van der Waals surface area contributed by atoms with Gasteiger partial charge in [0.1, 0.15) is 4.88 Å². The van der Waals surface area contributed by atoms with Crippen molar-refractivity contribution in [3.8, 4) is 11.5 Å². The van der Waals surface area contributed by atoms with Crippen LogP contribution in [0.3, 0.4) is 0 Å². The Morgan fingerprint density at radius 2 is 2.08 bits per heavy atom. The van der Waals surface area contributed by atoms with Crippen molar-refractivity contribution in [2.45, 2.75) is 25.4 Å². The lowest BCUT2D eigenvalue weighted by molar-refractivity contribution is 0.0702. The van der Waals surface area contributed by atoms with Gasteiger partial charge >= 0.3 is 5.97 Å². The van der Waals surface area contributed by atoms with Crippen LogP contribution in [-0.2, 0) is 6.54 Å². The quantitative estimate of drug-likeness (QED) is 0.839. The molecule has 1 aromatic heterocycles. The first kappa shape index (κ1) is 16.3. The Morgan fingerprint density at radius 1 is 1.33 bits per heavy atom. The number of carboxylic acids is 1. The number of hydrogen-bond donors (Lipinski definition) is 2. The third-order valence-corrected chi connectivity index (χ3v) is 4.82. The van der Waals surface area contributed by atoms with Crippen molar-refractivity contribution in [3.63, 3.8) is 0 Å². The number of hydrogen-bond acceptors (Lipinski definition) is 5. The highest BCUT2D eigenvalue weighted by molar-refractivity contribution is 7.12. The van der Waals surface area contributed by atoms with E-state index in [2.05, 4.69) is 0 Å². The van der Waals surface area contributed by atoms with Crippen LogP contribution >= 0.6 is 11.3 Å². The van der Waals surface area contributed by atoms with E-state index in [4.69, 9.17) is 9.84 Å². The van der Waals surface area contributed by atoms with Gasteiger partial charge in [0.05, 0.1) is 12.7 Å². The summed E-state index contributed by atoms with van der Waals surface area (Å²) in [6.45, 7) is 0.387. The van der Waals surface area contributed by atoms with Gasteiger partial charge in [-0.05, 0) is 36.6 Å². The summed E-state index contributed by atoms with van der Waals surface area (Å²) < 4.78 is 5.10. The first-order chi connectivity index (χ1) is 11.5. The number of ether oxygens (including phenoxy) is 1. The first-order valence-electron chi connectivity index (χ1n) is 7.48. The van der Waals surface area contributed by atoms with Crippen LogP contribution in [0, 0.1) is 0 Å². The van der Waals surface area contributed by atoms with Crippen LogP contribution in [0.2, 0.25) is 0 Å². The van der Waals surface area contributed by atoms with E-state index in [1.165, 1.54) is 19.2 Å². The fraction of sp³-hybridized carbons (Fsp3) is 0.294. The molecular weight excluding hydrogens is 330 g/mol. The van der Waals surface area contributed by atoms with Gasteiger partial charge in [-0.2, -0.15) is 0 Å². The van der Waals surface area contributed by atoms with Crippen LogP contribution in [0.1, 0.15) is 38.4 Å². The normalized spacial score (nSPS) is 13.5. The maximum Gasteiger partial charge on any atom is 0.345 e. The van der Waals surface area contributed by atoms with Gasteiger partial charge in [-0.15, -0.1) is 11.3 Å². The van der Waals surface area contributed by atoms with Gasteiger partial charge in [0.15, 0.2) is 11.5 Å². The van der Waals surface area contributed by atoms with Gasteiger partial charge in [-0.1, -0.05) is 6.07 Å². The fourth-order valence-corrected chi connectivity index (χ4v) is 3.21. The lowest BCUT2D eigenvalue weighted by Gasteiger charge is -2.22. The predicted octanol–water partition coefficient (Wildman–Crippen LogP) is 2.97. The molecule has 7 heteroatoms. The number of benzene rings is 1. The van der Waals surface area contributed by atoms with Crippen LogP contribution in [0.25, 0.3) is 0 Å². The van der Waals surface area contributed by atoms with E-state index in [1.54, 1.807) is 22.4 Å². The van der Waals surface area contributed by atoms with Gasteiger partial charge in [0.25, 0.3) is 5.91 Å². The van der Waals surface area contributed by atoms with E-state index in [0.29, 0.717) is 17.9 Å². The van der Waals surface area contributed by atoms with Crippen molar-refractivity contribution in [1.29, 1.82) is 0 Å². The van der Waals surface area contributed by atoms with Crippen LogP contribution in [0.5, 0.6) is 11.5 Å². The largest absolute Gasteiger partial charge is 0.504 e. The molecule has 0 bridgehead atoms. The average molecular weight is 347 g/mol. The van der Waals surface area contributed by atoms with Crippen molar-refractivity contribution in [2.75, 3.05) is 7.11 Å². The number of thiophene rings is 1. The minimum atomic E-state index is -1.03. The summed E-state index contributed by atoms with van der Waals surface area (Å²) in [4.78, 5) is 25.6. The van der Waals surface area contributed by atoms with E-state index in [-0.39, 0.29) is 22.6 Å². The smallest absolute Gasteiger partial charge is 0.345 e. The van der Waals surface area contributed by atoms with Crippen molar-refractivity contribution >= 4 is 23.2 Å². The summed E-state index contributed by atoms with van der Waals surface area (Å²) in [6.07, 6.45) is 1.88. The molecule has 126 valence electrons. The van der Waals surface area contributed by atoms with E-state index < -0.39 is 5.97 Å². The molecule has 0 unspecified atom stereocenters. The third-order valence-electron chi connectivity index (χ3n) is 3.90. The molecule has 0 radical (unpaired) electrons. The second-order valence-electron chi connectivity index (χ2n) is 5.68. The minimum absolute atomic E-state index is 0.0504. The second-order valence-corrected chi connectivity index (χ2v) is 6.59. The van der Waals surface area contributed by atoms with Gasteiger partial charge in [-0.25, -0.2) is 4.79 Å². The zero-order valence-corrected chi connectivity index (χ0v) is 13.9. The van der Waals surface area contributed by atoms with Crippen LogP contribution in [0.4, 0.5) is 0 Å². The number of carboxylic acid groups (broad SMARTS) is 1. The number of rotatable bonds is 6. The van der Waals surface area contributed by atoms with Crippen LogP contribution < -0.4 is 4.74 Å². The number of amides is 1. The highest BCUT2D eigenvalue weighted by Gasteiger charge is 2.33. The van der Waals surface area contributed by atoms with Gasteiger partial charge in [-0.3, -0.25) is 4.79 Å². The second kappa shape index (κ2) is 6.52. The summed E-state index contributed by atoms with van der Waals surface area (Å²) in [7, 11) is 1.47. The minimum Gasteiger partial charge on any atom is -0.504 e. The summed E-state index contributed by atoms with van der Waals surface area (Å²) in [6, 6.07) is 6.58. The maximum atomic E-state index is 12.7. The van der Waals surface area contributed by atoms with E-state index >= 15 is 0 Å². The lowest BCUT2D eigenvalue weighted by Crippen LogP contribution is -2.32. The van der Waals surface area contributed by atoms with Crippen LogP contribution in [0.15, 0.2) is 29.6 Å². The van der Waals surface area contributed by atoms with Crippen molar-refractivity contribution in [2.24, 2.45) is 0 Å². The molecule has 3 rings (SSSR count). The molecule has 0 aliphatic heterocycles. The number of aromatic carboxylic acids is 1. The van der Waals surface area contributed by atoms with E-state index in [1.807, 2.05) is 0 Å². The molecule has 1 saturated carbocycles. The van der Waals surface area contributed by atoms with E-state index in [9.17, 15) is 14.7 Å². The summed E-state index contributed by atoms with van der Waals surface area (Å²) >= 11 is 1.05. The molecule has 1 heterocycles. The summed E-state index contributed by atoms with van der Waals surface area (Å²) in [5.41, 5.74) is 1.24. The number of aromatic hydroxyl groups is 1. The lowest BCUT2D eigenvalue weighted by atomic mass is 10.1. The monoisotopic (exact) mass is 347 g/mol. The molecule has 1 aliphatic carbocycles. The molecule has 2 N–H and O–H groups in total. The molecule has 1 aromatic carbocycles. The molecule has 6 nitrogen and oxygen atoms in total. The molecule has 1 fully saturated rings. The first-order valence-corrected chi connectivity index (χ1v) is 8.36. The predicted molar refractivity (Wildman–Crippen MR) is 88.8 cm³/mol. The Balaban J connectivity index is 1.82. The Bertz CT molecular complexity index is 781. The number of methoxy groups -OCH3 is 1. The van der Waals surface area contributed by atoms with Gasteiger partial charge < -0.3 is 19.8 Å². The topological polar surface area (TPSA) is 87.1 Å². The molecule has 24 heavy (non-hydrogen) atoms. The molecular formula is C17H17NO5S. The third kappa shape index (κ3) is 3.35. The average Bonchev–Trinajstić information content (AvgIpc) is 3.28. The number of phenols is 1. The Labute approximate surface area is 142 Å². The molecule has 0 saturated heterocycles. The summed E-state index contributed by atoms with van der Waals surface area (Å²) in [5.74, 6) is -0.789. The number of phenolic OH excluding ortho intramolecular Hbond substituents is 1. The molecule has 1 aliphatic rings. The number of carbonyl (C=O) groups excluding carboxylic acids is 1. The molecule has 2 aromatic rings. The standard InChI is InChI=1S/C17H17NO5S/c1-23-14-6-10(2-5-13(14)19)8-18(12-3-4-12)16(20)11-7-15(17(21)22)24-9-11/h2,5-7,9,12,19H,3-4,8H2,1H3,(H,21,22). The van der Waals surface area contributed by atoms with Gasteiger partial charge in [0.2, 0.25) is 0 Å². The van der Waals surface area contributed by atoms with Crippen LogP contribution in [-0.4, -0.2) is 40.1 Å². The van der Waals surface area contributed by atoms with Crippen molar-refractivity contribution in [3.05, 3.63) is 45.6 Å². The summed E-state index contributed by atoms with van der Waals surface area (Å²) in [5, 5.41) is 20.3. The molecule has 1 amide bonds. The van der Waals surface area contributed by atoms with Crippen molar-refractivity contribution < 1.29 is 24.5 Å². The zero-order chi connectivity index (χ0) is 17.3. The Kier molecular flexibility index (Phi) is 4.44. The fourth-order valence-electron chi connectivity index (χ4n) is 2.50. The Hall–Kier alpha value is -2.54. The van der Waals surface area contributed by atoms with E-state index in [0.717, 1.165) is 29.7 Å². The molecule has 0 atom stereocenters. The Morgan fingerprint density at radius 3 is 2.67 bits per heavy atom. The highest BCUT2D eigenvalue weighted by atomic mass is 32.1. The van der Waals surface area contributed by atoms with Crippen molar-refractivity contribution in [1.82, 2.24) is 4.90 Å². The highest BCUT2D eigenvalue weighted by Crippen LogP contribution is 2.32. The van der Waals surface area contributed by atoms with Gasteiger partial charge in [0, 0.05) is 18.0 Å². The number of nitrogens with zero attached hydrogens (tertiary/aromatic N) is 1. The SMILES string of the molecule is COc1cc(CN(C(=O)c2csc(C(=O)O)c2)C2CC2)ccc1O. The maximum absolute atomic E-state index is 12.7. The zero-order valence-electron chi connectivity index (χ0n) is 13.1. The molecule has 0 spiro atoms. The number of carbonyl (C=O) groups is 2.